The summed E-state index contributed by atoms with van der Waals surface area (Å²) in [6.45, 7) is 6.37. The quantitative estimate of drug-likeness (QED) is 0.773. The summed E-state index contributed by atoms with van der Waals surface area (Å²) in [5, 5.41) is 8.96. The lowest BCUT2D eigenvalue weighted by atomic mass is 10.0. The van der Waals surface area contributed by atoms with E-state index in [4.69, 9.17) is 5.11 Å². The second kappa shape index (κ2) is 6.70. The van der Waals surface area contributed by atoms with Crippen LogP contribution < -0.4 is 0 Å². The highest BCUT2D eigenvalue weighted by Crippen LogP contribution is 2.28. The molecule has 0 saturated heterocycles. The van der Waals surface area contributed by atoms with Crippen molar-refractivity contribution in [3.05, 3.63) is 29.8 Å². The number of carboxylic acids is 1. The summed E-state index contributed by atoms with van der Waals surface area (Å²) in [7, 11) is 0. The van der Waals surface area contributed by atoms with Crippen molar-refractivity contribution in [1.29, 1.82) is 0 Å². The molecule has 1 unspecified atom stereocenters. The van der Waals surface area contributed by atoms with Crippen LogP contribution >= 0.6 is 11.8 Å². The smallest absolute Gasteiger partial charge is 0.304 e. The Hall–Kier alpha value is -0.960. The van der Waals surface area contributed by atoms with Crippen LogP contribution in [0.25, 0.3) is 0 Å². The molecule has 0 aliphatic heterocycles. The molecule has 0 aliphatic carbocycles. The highest BCUT2D eigenvalue weighted by atomic mass is 32.2. The highest BCUT2D eigenvalue weighted by Gasteiger charge is 2.12. The zero-order chi connectivity index (χ0) is 12.8. The first-order chi connectivity index (χ1) is 8.02. The van der Waals surface area contributed by atoms with E-state index in [1.54, 1.807) is 11.8 Å². The van der Waals surface area contributed by atoms with E-state index < -0.39 is 5.97 Å². The zero-order valence-electron chi connectivity index (χ0n) is 10.6. The van der Waals surface area contributed by atoms with Crippen molar-refractivity contribution in [2.45, 2.75) is 49.7 Å². The molecule has 1 atom stereocenters. The second-order valence-electron chi connectivity index (χ2n) is 4.47. The van der Waals surface area contributed by atoms with Gasteiger partial charge < -0.3 is 5.11 Å². The molecular weight excluding hydrogens is 232 g/mol. The summed E-state index contributed by atoms with van der Waals surface area (Å²) < 4.78 is 0. The normalized spacial score (nSPS) is 12.7. The minimum atomic E-state index is -0.719. The number of benzene rings is 1. The predicted molar refractivity (Wildman–Crippen MR) is 72.7 cm³/mol. The maximum atomic E-state index is 10.7. The summed E-state index contributed by atoms with van der Waals surface area (Å²) in [4.78, 5) is 11.8. The third-order valence-electron chi connectivity index (χ3n) is 2.71. The Morgan fingerprint density at radius 1 is 1.29 bits per heavy atom. The van der Waals surface area contributed by atoms with Crippen LogP contribution in [0.5, 0.6) is 0 Å². The van der Waals surface area contributed by atoms with Crippen LogP contribution in [0.1, 0.15) is 45.1 Å². The maximum Gasteiger partial charge on any atom is 0.304 e. The van der Waals surface area contributed by atoms with Gasteiger partial charge in [-0.15, -0.1) is 11.8 Å². The standard InChI is InChI=1S/C14H20O2S/c1-4-12(9-14(15)16)17-13-7-5-11(6-8-13)10(2)3/h5-8,10,12H,4,9H2,1-3H3,(H,15,16). The number of carboxylic acid groups (broad SMARTS) is 1. The maximum absolute atomic E-state index is 10.7. The van der Waals surface area contributed by atoms with E-state index in [0.717, 1.165) is 11.3 Å². The fourth-order valence-electron chi connectivity index (χ4n) is 1.59. The van der Waals surface area contributed by atoms with Crippen LogP contribution in [-0.2, 0) is 4.79 Å². The molecule has 0 aromatic heterocycles. The molecule has 0 aliphatic rings. The average molecular weight is 252 g/mol. The van der Waals surface area contributed by atoms with E-state index in [0.29, 0.717) is 5.92 Å². The fraction of sp³-hybridized carbons (Fsp3) is 0.500. The van der Waals surface area contributed by atoms with Gasteiger partial charge in [-0.3, -0.25) is 4.79 Å². The van der Waals surface area contributed by atoms with Crippen LogP contribution in [0.2, 0.25) is 0 Å². The Kier molecular flexibility index (Phi) is 5.56. The summed E-state index contributed by atoms with van der Waals surface area (Å²) in [6, 6.07) is 8.43. The van der Waals surface area contributed by atoms with Gasteiger partial charge in [0.2, 0.25) is 0 Å². The molecule has 0 saturated carbocycles. The molecule has 1 aromatic carbocycles. The van der Waals surface area contributed by atoms with Crippen LogP contribution in [0.3, 0.4) is 0 Å². The van der Waals surface area contributed by atoms with Gasteiger partial charge >= 0.3 is 5.97 Å². The second-order valence-corrected chi connectivity index (χ2v) is 5.84. The summed E-state index contributed by atoms with van der Waals surface area (Å²) >= 11 is 1.66. The van der Waals surface area contributed by atoms with Gasteiger partial charge in [-0.05, 0) is 30.0 Å². The number of aliphatic carboxylic acids is 1. The zero-order valence-corrected chi connectivity index (χ0v) is 11.5. The minimum Gasteiger partial charge on any atom is -0.481 e. The van der Waals surface area contributed by atoms with Gasteiger partial charge in [-0.25, -0.2) is 0 Å². The summed E-state index contributed by atoms with van der Waals surface area (Å²) in [5.41, 5.74) is 1.32. The lowest BCUT2D eigenvalue weighted by Crippen LogP contribution is -2.08. The molecule has 2 nitrogen and oxygen atoms in total. The van der Waals surface area contributed by atoms with Crippen LogP contribution in [0, 0.1) is 0 Å². The predicted octanol–water partition coefficient (Wildman–Crippen LogP) is 4.16. The number of hydrogen-bond acceptors (Lipinski definition) is 2. The van der Waals surface area contributed by atoms with E-state index in [2.05, 4.69) is 38.1 Å². The Bertz CT molecular complexity index is 357. The van der Waals surface area contributed by atoms with E-state index in [1.165, 1.54) is 5.56 Å². The number of rotatable bonds is 6. The van der Waals surface area contributed by atoms with Gasteiger partial charge in [-0.2, -0.15) is 0 Å². The van der Waals surface area contributed by atoms with E-state index in [-0.39, 0.29) is 11.7 Å². The molecule has 0 spiro atoms. The number of thioether (sulfide) groups is 1. The van der Waals surface area contributed by atoms with Gasteiger partial charge in [0.25, 0.3) is 0 Å². The Balaban J connectivity index is 2.64. The van der Waals surface area contributed by atoms with E-state index in [1.807, 2.05) is 6.92 Å². The molecule has 17 heavy (non-hydrogen) atoms. The monoisotopic (exact) mass is 252 g/mol. The van der Waals surface area contributed by atoms with Crippen molar-refractivity contribution in [2.24, 2.45) is 0 Å². The first-order valence-corrected chi connectivity index (χ1v) is 6.89. The van der Waals surface area contributed by atoms with Gasteiger partial charge in [0, 0.05) is 10.1 Å². The van der Waals surface area contributed by atoms with Crippen molar-refractivity contribution >= 4 is 17.7 Å². The fourth-order valence-corrected chi connectivity index (χ4v) is 2.66. The molecule has 0 radical (unpaired) electrons. The molecule has 0 amide bonds. The highest BCUT2D eigenvalue weighted by molar-refractivity contribution is 8.00. The first-order valence-electron chi connectivity index (χ1n) is 6.01. The van der Waals surface area contributed by atoms with Crippen LogP contribution in [-0.4, -0.2) is 16.3 Å². The molecule has 3 heteroatoms. The average Bonchev–Trinajstić information content (AvgIpc) is 2.28. The van der Waals surface area contributed by atoms with Crippen molar-refractivity contribution in [3.8, 4) is 0 Å². The van der Waals surface area contributed by atoms with Crippen molar-refractivity contribution in [1.82, 2.24) is 0 Å². The van der Waals surface area contributed by atoms with Gasteiger partial charge in [0.1, 0.15) is 0 Å². The van der Waals surface area contributed by atoms with Crippen molar-refractivity contribution in [3.63, 3.8) is 0 Å². The van der Waals surface area contributed by atoms with Crippen molar-refractivity contribution < 1.29 is 9.90 Å². The van der Waals surface area contributed by atoms with Crippen LogP contribution in [0.4, 0.5) is 0 Å². The summed E-state index contributed by atoms with van der Waals surface area (Å²) in [6.07, 6.45) is 1.11. The molecule has 1 N–H and O–H groups in total. The summed E-state index contributed by atoms with van der Waals surface area (Å²) in [5.74, 6) is -0.182. The third kappa shape index (κ3) is 4.82. The molecule has 1 rings (SSSR count). The van der Waals surface area contributed by atoms with Gasteiger partial charge in [0.05, 0.1) is 6.42 Å². The first kappa shape index (κ1) is 14.1. The lowest BCUT2D eigenvalue weighted by Gasteiger charge is -2.12. The number of hydrogen-bond donors (Lipinski definition) is 1. The van der Waals surface area contributed by atoms with Gasteiger partial charge in [0.15, 0.2) is 0 Å². The van der Waals surface area contributed by atoms with Crippen molar-refractivity contribution in [2.75, 3.05) is 0 Å². The molecule has 0 bridgehead atoms. The lowest BCUT2D eigenvalue weighted by molar-refractivity contribution is -0.136. The topological polar surface area (TPSA) is 37.3 Å². The van der Waals surface area contributed by atoms with Gasteiger partial charge in [-0.1, -0.05) is 32.9 Å². The third-order valence-corrected chi connectivity index (χ3v) is 4.08. The van der Waals surface area contributed by atoms with E-state index in [9.17, 15) is 4.79 Å². The minimum absolute atomic E-state index is 0.164. The largest absolute Gasteiger partial charge is 0.481 e. The van der Waals surface area contributed by atoms with Crippen LogP contribution in [0.15, 0.2) is 29.2 Å². The SMILES string of the molecule is CCC(CC(=O)O)Sc1ccc(C(C)C)cc1. The molecule has 0 heterocycles. The van der Waals surface area contributed by atoms with E-state index >= 15 is 0 Å². The Morgan fingerprint density at radius 2 is 1.88 bits per heavy atom. The molecule has 0 fully saturated rings. The molecule has 1 aromatic rings. The Labute approximate surface area is 107 Å². The molecular formula is C14H20O2S. The Morgan fingerprint density at radius 3 is 2.29 bits per heavy atom. The molecule has 94 valence electrons. The number of carbonyl (C=O) groups is 1.